The van der Waals surface area contributed by atoms with Gasteiger partial charge in [0, 0.05) is 18.6 Å². The number of hydrogen-bond donors (Lipinski definition) is 0. The van der Waals surface area contributed by atoms with Crippen LogP contribution in [0.15, 0.2) is 24.5 Å². The van der Waals surface area contributed by atoms with Crippen molar-refractivity contribution in [1.82, 2.24) is 0 Å². The van der Waals surface area contributed by atoms with Crippen molar-refractivity contribution in [3.05, 3.63) is 36.7 Å². The lowest BCUT2D eigenvalue weighted by Gasteiger charge is -2.00. The van der Waals surface area contributed by atoms with Gasteiger partial charge in [-0.25, -0.2) is 4.57 Å². The summed E-state index contributed by atoms with van der Waals surface area (Å²) < 4.78 is 2.32. The van der Waals surface area contributed by atoms with Crippen LogP contribution in [0.4, 0.5) is 0 Å². The molecule has 2 heteroatoms. The predicted molar refractivity (Wildman–Crippen MR) is 79.0 cm³/mol. The van der Waals surface area contributed by atoms with Crippen LogP contribution in [0.5, 0.6) is 0 Å². The molecule has 0 aliphatic rings. The van der Waals surface area contributed by atoms with Crippen molar-refractivity contribution in [2.75, 3.05) is 0 Å². The molecule has 0 N–H and O–H groups in total. The summed E-state index contributed by atoms with van der Waals surface area (Å²) in [4.78, 5) is 0. The summed E-state index contributed by atoms with van der Waals surface area (Å²) in [5.74, 6) is 0. The van der Waals surface area contributed by atoms with E-state index in [0.717, 1.165) is 0 Å². The van der Waals surface area contributed by atoms with E-state index in [1.54, 1.807) is 0 Å². The van der Waals surface area contributed by atoms with Crippen LogP contribution in [0, 0.1) is 11.8 Å². The zero-order valence-corrected chi connectivity index (χ0v) is 12.6. The summed E-state index contributed by atoms with van der Waals surface area (Å²) >= 11 is 0. The average Bonchev–Trinajstić information content (AvgIpc) is 2.48. The summed E-state index contributed by atoms with van der Waals surface area (Å²) in [6, 6.07) is 4.56. The Morgan fingerprint density at radius 1 is 0.895 bits per heavy atom. The molecule has 1 aromatic heterocycles. The van der Waals surface area contributed by atoms with Crippen LogP contribution in [-0.4, -0.2) is 0 Å². The van der Waals surface area contributed by atoms with Crippen molar-refractivity contribution < 1.29 is 4.57 Å². The van der Waals surface area contributed by atoms with Crippen LogP contribution in [-0.2, 0) is 13.0 Å². The predicted octanol–water partition coefficient (Wildman–Crippen LogP) is 4.38. The van der Waals surface area contributed by atoms with Gasteiger partial charge in [0.15, 0.2) is 12.4 Å². The van der Waals surface area contributed by atoms with E-state index in [-0.39, 0.29) is 0 Å². The molecule has 0 aromatic carbocycles. The molecule has 0 saturated heterocycles. The molecule has 0 atom stereocenters. The van der Waals surface area contributed by atoms with Gasteiger partial charge in [-0.15, -0.1) is 0 Å². The molecule has 0 amide bonds. The Balaban J connectivity index is 0.00000154. The number of pyridine rings is 1. The Morgan fingerprint density at radius 2 is 1.47 bits per heavy atom. The number of aryl methyl sites for hydroxylation is 2. The molecule has 1 aromatic rings. The molecule has 0 aliphatic carbocycles. The third kappa shape index (κ3) is 9.25. The molecule has 0 spiro atoms. The van der Waals surface area contributed by atoms with Gasteiger partial charge in [-0.05, 0) is 24.8 Å². The topological polar surface area (TPSA) is 27.7 Å². The molecule has 0 radical (unpaired) electrons. The van der Waals surface area contributed by atoms with Crippen LogP contribution in [0.25, 0.3) is 0 Å². The smallest absolute Gasteiger partial charge is 0.169 e. The third-order valence-corrected chi connectivity index (χ3v) is 3.30. The van der Waals surface area contributed by atoms with Crippen molar-refractivity contribution in [3.63, 3.8) is 0 Å². The minimum atomic E-state index is 1.18. The first-order chi connectivity index (χ1) is 9.36. The van der Waals surface area contributed by atoms with Crippen molar-refractivity contribution >= 4 is 0 Å². The second-order valence-corrected chi connectivity index (χ2v) is 4.96. The van der Waals surface area contributed by atoms with Gasteiger partial charge < -0.3 is 11.8 Å². The fourth-order valence-electron chi connectivity index (χ4n) is 2.08. The molecule has 1 heterocycles. The first kappa shape index (κ1) is 17.6. The standard InChI is InChI=1S/C16H28N.CN/c1-3-5-7-8-9-13-17-14-11-16(12-15-17)10-6-4-2;1-2/h11-12,14-15H,3-10,13H2,1-2H3;/q+1;-1. The molecule has 19 heavy (non-hydrogen) atoms. The Labute approximate surface area is 119 Å². The summed E-state index contributed by atoms with van der Waals surface area (Å²) in [5.41, 5.74) is 1.48. The first-order valence-electron chi connectivity index (χ1n) is 7.57. The van der Waals surface area contributed by atoms with E-state index in [9.17, 15) is 0 Å². The highest BCUT2D eigenvalue weighted by molar-refractivity contribution is 5.06. The third-order valence-electron chi connectivity index (χ3n) is 3.30. The largest absolute Gasteiger partial charge is 0.512 e. The van der Waals surface area contributed by atoms with Gasteiger partial charge in [0.25, 0.3) is 0 Å². The minimum Gasteiger partial charge on any atom is -0.512 e. The van der Waals surface area contributed by atoms with Gasteiger partial charge in [-0.3, -0.25) is 0 Å². The van der Waals surface area contributed by atoms with E-state index in [2.05, 4.69) is 42.9 Å². The lowest BCUT2D eigenvalue weighted by atomic mass is 10.1. The van der Waals surface area contributed by atoms with E-state index in [4.69, 9.17) is 11.8 Å². The highest BCUT2D eigenvalue weighted by Gasteiger charge is 2.00. The molecule has 0 unspecified atom stereocenters. The number of unbranched alkanes of at least 4 members (excludes halogenated alkanes) is 5. The van der Waals surface area contributed by atoms with Crippen molar-refractivity contribution in [2.24, 2.45) is 0 Å². The first-order valence-corrected chi connectivity index (χ1v) is 7.57. The van der Waals surface area contributed by atoms with Gasteiger partial charge >= 0.3 is 0 Å². The van der Waals surface area contributed by atoms with Crippen LogP contribution in [0.3, 0.4) is 0 Å². The maximum Gasteiger partial charge on any atom is 0.169 e. The summed E-state index contributed by atoms with van der Waals surface area (Å²) in [7, 11) is 0. The van der Waals surface area contributed by atoms with E-state index in [0.29, 0.717) is 0 Å². The summed E-state index contributed by atoms with van der Waals surface area (Å²) in [6.45, 7) is 10.4. The second kappa shape index (κ2) is 13.1. The van der Waals surface area contributed by atoms with E-state index < -0.39 is 0 Å². The normalized spacial score (nSPS) is 9.68. The van der Waals surface area contributed by atoms with Crippen molar-refractivity contribution in [1.29, 1.82) is 5.26 Å². The second-order valence-electron chi connectivity index (χ2n) is 4.96. The van der Waals surface area contributed by atoms with Crippen LogP contribution >= 0.6 is 0 Å². The lowest BCUT2D eigenvalue weighted by molar-refractivity contribution is -0.697. The Bertz CT molecular complexity index is 314. The summed E-state index contributed by atoms with van der Waals surface area (Å²) in [6.07, 6.45) is 15.1. The molecular weight excluding hydrogens is 232 g/mol. The van der Waals surface area contributed by atoms with Gasteiger partial charge in [-0.2, -0.15) is 0 Å². The van der Waals surface area contributed by atoms with Gasteiger partial charge in [0.1, 0.15) is 6.54 Å². The maximum atomic E-state index is 6.25. The molecular formula is C17H28N2. The van der Waals surface area contributed by atoms with E-state index in [1.165, 1.54) is 63.5 Å². The van der Waals surface area contributed by atoms with Crippen LogP contribution in [0.2, 0.25) is 0 Å². The molecule has 1 rings (SSSR count). The molecule has 0 saturated carbocycles. The number of nitrogens with zero attached hydrogens (tertiary/aromatic N) is 2. The zero-order chi connectivity index (χ0) is 14.3. The SMILES string of the molecule is CCCCCCC[n+]1ccc(CCCC)cc1.[C-]#N. The Hall–Kier alpha value is -1.36. The van der Waals surface area contributed by atoms with Crippen molar-refractivity contribution in [3.8, 4) is 0 Å². The van der Waals surface area contributed by atoms with Crippen molar-refractivity contribution in [2.45, 2.75) is 71.8 Å². The molecule has 0 fully saturated rings. The Morgan fingerprint density at radius 3 is 2.05 bits per heavy atom. The monoisotopic (exact) mass is 260 g/mol. The minimum absolute atomic E-state index is 1.18. The zero-order valence-electron chi connectivity index (χ0n) is 12.6. The number of aromatic nitrogens is 1. The fraction of sp³-hybridized carbons (Fsp3) is 0.647. The lowest BCUT2D eigenvalue weighted by Crippen LogP contribution is -2.32. The quantitative estimate of drug-likeness (QED) is 0.368. The molecule has 0 aliphatic heterocycles. The Kier molecular flexibility index (Phi) is 12.1. The molecule has 106 valence electrons. The van der Waals surface area contributed by atoms with E-state index >= 15 is 0 Å². The molecule has 2 nitrogen and oxygen atoms in total. The van der Waals surface area contributed by atoms with Crippen LogP contribution in [0.1, 0.15) is 64.4 Å². The maximum absolute atomic E-state index is 6.25. The fourth-order valence-corrected chi connectivity index (χ4v) is 2.08. The van der Waals surface area contributed by atoms with Gasteiger partial charge in [-0.1, -0.05) is 39.5 Å². The summed E-state index contributed by atoms with van der Waals surface area (Å²) in [5, 5.41) is 6.25. The number of hydrogen-bond acceptors (Lipinski definition) is 1. The number of rotatable bonds is 9. The van der Waals surface area contributed by atoms with E-state index in [1.807, 2.05) is 0 Å². The van der Waals surface area contributed by atoms with Gasteiger partial charge in [0.05, 0.1) is 0 Å². The highest BCUT2D eigenvalue weighted by Crippen LogP contribution is 2.04. The van der Waals surface area contributed by atoms with Crippen LogP contribution < -0.4 is 4.57 Å². The average molecular weight is 260 g/mol. The molecule has 0 bridgehead atoms. The van der Waals surface area contributed by atoms with Gasteiger partial charge in [0.2, 0.25) is 0 Å². The highest BCUT2D eigenvalue weighted by atomic mass is 14.9.